The Morgan fingerprint density at radius 2 is 1.77 bits per heavy atom. The van der Waals surface area contributed by atoms with Crippen LogP contribution in [0.1, 0.15) is 45.9 Å². The average Bonchev–Trinajstić information content (AvgIpc) is 3.44. The lowest BCUT2D eigenvalue weighted by molar-refractivity contribution is -0.120. The van der Waals surface area contributed by atoms with Crippen molar-refractivity contribution in [2.24, 2.45) is 5.92 Å². The lowest BCUT2D eigenvalue weighted by Crippen LogP contribution is -2.48. The van der Waals surface area contributed by atoms with Gasteiger partial charge in [-0.3, -0.25) is 19.3 Å². The molecule has 8 heteroatoms. The molecule has 0 saturated heterocycles. The molecule has 1 aliphatic rings. The number of imide groups is 1. The summed E-state index contributed by atoms with van der Waals surface area (Å²) < 4.78 is 1.69. The molecular weight excluding hydrogens is 400 g/mol. The van der Waals surface area contributed by atoms with Crippen LogP contribution in [0.4, 0.5) is 5.82 Å². The first-order valence-electron chi connectivity index (χ1n) is 9.77. The third-order valence-electron chi connectivity index (χ3n) is 4.99. The van der Waals surface area contributed by atoms with Crippen LogP contribution in [0.2, 0.25) is 0 Å². The number of aromatic nitrogens is 2. The number of thiophene rings is 1. The molecule has 7 nitrogen and oxygen atoms in total. The van der Waals surface area contributed by atoms with E-state index >= 15 is 0 Å². The normalized spacial score (nSPS) is 14.3. The van der Waals surface area contributed by atoms with Gasteiger partial charge in [0.25, 0.3) is 11.8 Å². The van der Waals surface area contributed by atoms with Crippen molar-refractivity contribution in [1.29, 1.82) is 0 Å². The lowest BCUT2D eigenvalue weighted by atomic mass is 10.0. The second kappa shape index (κ2) is 8.23. The molecule has 154 valence electrons. The van der Waals surface area contributed by atoms with E-state index in [-0.39, 0.29) is 5.92 Å². The summed E-state index contributed by atoms with van der Waals surface area (Å²) in [5.74, 6) is -0.613. The fourth-order valence-electron chi connectivity index (χ4n) is 3.59. The van der Waals surface area contributed by atoms with Crippen LogP contribution in [0.5, 0.6) is 0 Å². The number of carbonyl (C=O) groups excluding carboxylic acids is 3. The van der Waals surface area contributed by atoms with Crippen molar-refractivity contribution < 1.29 is 14.4 Å². The summed E-state index contributed by atoms with van der Waals surface area (Å²) in [4.78, 5) is 41.3. The minimum absolute atomic E-state index is 0.112. The Balaban J connectivity index is 1.58. The highest BCUT2D eigenvalue weighted by atomic mass is 32.1. The van der Waals surface area contributed by atoms with Crippen molar-refractivity contribution in [2.75, 3.05) is 5.32 Å². The zero-order valence-electron chi connectivity index (χ0n) is 16.7. The summed E-state index contributed by atoms with van der Waals surface area (Å²) in [6.45, 7) is 4.45. The first kappa shape index (κ1) is 20.0. The quantitative estimate of drug-likeness (QED) is 0.589. The SMILES string of the molecule is CC(C)C[C@@H](C(=O)Nc1ccnn1Cc1cccs1)N1C(=O)c2ccccc2C1=O. The first-order valence-corrected chi connectivity index (χ1v) is 10.7. The molecule has 3 amide bonds. The molecule has 0 aliphatic carbocycles. The van der Waals surface area contributed by atoms with Crippen LogP contribution in [0.15, 0.2) is 54.0 Å². The molecule has 0 saturated carbocycles. The van der Waals surface area contributed by atoms with Crippen molar-refractivity contribution in [3.05, 3.63) is 70.0 Å². The highest BCUT2D eigenvalue weighted by molar-refractivity contribution is 7.09. The van der Waals surface area contributed by atoms with E-state index < -0.39 is 23.8 Å². The summed E-state index contributed by atoms with van der Waals surface area (Å²) >= 11 is 1.61. The van der Waals surface area contributed by atoms with E-state index in [1.165, 1.54) is 0 Å². The summed E-state index contributed by atoms with van der Waals surface area (Å²) in [6, 6.07) is 11.4. The lowest BCUT2D eigenvalue weighted by Gasteiger charge is -2.26. The number of nitrogens with zero attached hydrogens (tertiary/aromatic N) is 3. The van der Waals surface area contributed by atoms with Gasteiger partial charge in [0.05, 0.1) is 23.9 Å². The van der Waals surface area contributed by atoms with Gasteiger partial charge >= 0.3 is 0 Å². The molecule has 3 heterocycles. The number of anilines is 1. The molecule has 0 fully saturated rings. The Labute approximate surface area is 178 Å². The number of nitrogens with one attached hydrogen (secondary N) is 1. The van der Waals surface area contributed by atoms with Crippen LogP contribution in [0.3, 0.4) is 0 Å². The Morgan fingerprint density at radius 1 is 1.07 bits per heavy atom. The minimum atomic E-state index is -0.900. The van der Waals surface area contributed by atoms with Crippen molar-refractivity contribution in [3.8, 4) is 0 Å². The second-order valence-electron chi connectivity index (χ2n) is 7.61. The summed E-state index contributed by atoms with van der Waals surface area (Å²) in [5.41, 5.74) is 0.679. The van der Waals surface area contributed by atoms with E-state index in [9.17, 15) is 14.4 Å². The molecule has 30 heavy (non-hydrogen) atoms. The molecule has 3 aromatic rings. The number of carbonyl (C=O) groups is 3. The molecule has 0 bridgehead atoms. The molecule has 0 radical (unpaired) electrons. The highest BCUT2D eigenvalue weighted by Crippen LogP contribution is 2.27. The van der Waals surface area contributed by atoms with Gasteiger partial charge in [-0.1, -0.05) is 32.0 Å². The number of hydrogen-bond acceptors (Lipinski definition) is 5. The number of amides is 3. The third kappa shape index (κ3) is 3.78. The van der Waals surface area contributed by atoms with Gasteiger partial charge in [-0.15, -0.1) is 11.3 Å². The van der Waals surface area contributed by atoms with E-state index in [0.29, 0.717) is 29.9 Å². The summed E-state index contributed by atoms with van der Waals surface area (Å²) in [6.07, 6.45) is 1.99. The fourth-order valence-corrected chi connectivity index (χ4v) is 4.28. The van der Waals surface area contributed by atoms with Gasteiger partial charge in [-0.25, -0.2) is 4.68 Å². The summed E-state index contributed by atoms with van der Waals surface area (Å²) in [7, 11) is 0. The van der Waals surface area contributed by atoms with Crippen LogP contribution in [0, 0.1) is 5.92 Å². The summed E-state index contributed by atoms with van der Waals surface area (Å²) in [5, 5.41) is 9.14. The van der Waals surface area contributed by atoms with Crippen LogP contribution in [-0.2, 0) is 11.3 Å². The van der Waals surface area contributed by atoms with E-state index in [1.54, 1.807) is 52.5 Å². The zero-order valence-corrected chi connectivity index (χ0v) is 17.6. The van der Waals surface area contributed by atoms with E-state index in [2.05, 4.69) is 10.4 Å². The Kier molecular flexibility index (Phi) is 5.50. The monoisotopic (exact) mass is 422 g/mol. The van der Waals surface area contributed by atoms with Crippen molar-refractivity contribution in [3.63, 3.8) is 0 Å². The highest BCUT2D eigenvalue weighted by Gasteiger charge is 2.42. The smallest absolute Gasteiger partial charge is 0.262 e. The topological polar surface area (TPSA) is 84.3 Å². The van der Waals surface area contributed by atoms with Crippen LogP contribution in [-0.4, -0.2) is 38.4 Å². The van der Waals surface area contributed by atoms with Gasteiger partial charge in [-0.05, 0) is 35.9 Å². The van der Waals surface area contributed by atoms with Crippen molar-refractivity contribution in [1.82, 2.24) is 14.7 Å². The van der Waals surface area contributed by atoms with Gasteiger partial charge in [0.2, 0.25) is 5.91 Å². The first-order chi connectivity index (χ1) is 14.5. The Morgan fingerprint density at radius 3 is 2.37 bits per heavy atom. The molecule has 1 aliphatic heterocycles. The van der Waals surface area contributed by atoms with E-state index in [1.807, 2.05) is 31.4 Å². The van der Waals surface area contributed by atoms with Gasteiger partial charge in [0, 0.05) is 10.9 Å². The molecule has 1 aromatic carbocycles. The molecule has 0 spiro atoms. The maximum atomic E-state index is 13.2. The standard InChI is InChI=1S/C22H22N4O3S/c1-14(2)12-18(26-21(28)16-7-3-4-8-17(16)22(26)29)20(27)24-19-9-10-23-25(19)13-15-6-5-11-30-15/h3-11,14,18H,12-13H2,1-2H3,(H,24,27)/t18-/m0/s1. The van der Waals surface area contributed by atoms with E-state index in [4.69, 9.17) is 0 Å². The van der Waals surface area contributed by atoms with Crippen molar-refractivity contribution in [2.45, 2.75) is 32.9 Å². The van der Waals surface area contributed by atoms with Crippen LogP contribution in [0.25, 0.3) is 0 Å². The molecule has 1 N–H and O–H groups in total. The number of hydrogen-bond donors (Lipinski definition) is 1. The molecular formula is C22H22N4O3S. The van der Waals surface area contributed by atoms with Gasteiger partial charge < -0.3 is 5.32 Å². The fraction of sp³-hybridized carbons (Fsp3) is 0.273. The largest absolute Gasteiger partial charge is 0.309 e. The van der Waals surface area contributed by atoms with Gasteiger partial charge in [0.1, 0.15) is 11.9 Å². The molecule has 2 aromatic heterocycles. The maximum Gasteiger partial charge on any atom is 0.262 e. The molecule has 1 atom stereocenters. The number of fused-ring (bicyclic) bond motifs is 1. The predicted octanol–water partition coefficient (Wildman–Crippen LogP) is 3.64. The molecule has 0 unspecified atom stereocenters. The zero-order chi connectivity index (χ0) is 21.3. The van der Waals surface area contributed by atoms with Gasteiger partial charge in [0.15, 0.2) is 0 Å². The van der Waals surface area contributed by atoms with Gasteiger partial charge in [-0.2, -0.15) is 5.10 Å². The third-order valence-corrected chi connectivity index (χ3v) is 5.85. The Hall–Kier alpha value is -3.26. The molecule has 4 rings (SSSR count). The second-order valence-corrected chi connectivity index (χ2v) is 8.65. The maximum absolute atomic E-state index is 13.2. The average molecular weight is 423 g/mol. The Bertz CT molecular complexity index is 1050. The minimum Gasteiger partial charge on any atom is -0.309 e. The number of rotatable bonds is 7. The van der Waals surface area contributed by atoms with Crippen LogP contribution < -0.4 is 5.32 Å². The van der Waals surface area contributed by atoms with Crippen molar-refractivity contribution >= 4 is 34.9 Å². The van der Waals surface area contributed by atoms with Crippen LogP contribution >= 0.6 is 11.3 Å². The number of benzene rings is 1. The predicted molar refractivity (Wildman–Crippen MR) is 114 cm³/mol. The van der Waals surface area contributed by atoms with E-state index in [0.717, 1.165) is 9.78 Å².